The van der Waals surface area contributed by atoms with Crippen LogP contribution in [0.1, 0.15) is 86.8 Å². The number of alkyl halides is 6. The highest BCUT2D eigenvalue weighted by molar-refractivity contribution is 7.99. The summed E-state index contributed by atoms with van der Waals surface area (Å²) < 4.78 is 95.1. The summed E-state index contributed by atoms with van der Waals surface area (Å²) in [5.41, 5.74) is -1.22. The molecule has 0 saturated carbocycles. The summed E-state index contributed by atoms with van der Waals surface area (Å²) >= 11 is 0.354. The summed E-state index contributed by atoms with van der Waals surface area (Å²) in [6, 6.07) is 18.2. The van der Waals surface area contributed by atoms with Gasteiger partial charge >= 0.3 is 12.4 Å². The Morgan fingerprint density at radius 1 is 0.508 bits per heavy atom. The highest BCUT2D eigenvalue weighted by Gasteiger charge is 2.42. The van der Waals surface area contributed by atoms with E-state index >= 15 is 26.3 Å². The number of piperazine rings is 2. The van der Waals surface area contributed by atoms with Crippen LogP contribution in [-0.2, 0) is 31.5 Å². The van der Waals surface area contributed by atoms with E-state index in [4.69, 9.17) is 0 Å². The van der Waals surface area contributed by atoms with E-state index in [9.17, 15) is 19.2 Å². The van der Waals surface area contributed by atoms with E-state index in [1.165, 1.54) is 60.1 Å². The first-order valence-corrected chi connectivity index (χ1v) is 22.3. The summed E-state index contributed by atoms with van der Waals surface area (Å²) in [7, 11) is 0. The van der Waals surface area contributed by atoms with Gasteiger partial charge in [0.05, 0.1) is 11.1 Å². The van der Waals surface area contributed by atoms with Gasteiger partial charge in [-0.3, -0.25) is 19.2 Å². The van der Waals surface area contributed by atoms with Crippen molar-refractivity contribution in [2.75, 3.05) is 52.4 Å². The molecule has 2 heterocycles. The molecule has 4 aromatic carbocycles. The monoisotopic (exact) mass is 918 g/mol. The molecule has 0 aromatic heterocycles. The molecule has 4 amide bonds. The minimum atomic E-state index is -5.08. The SMILES string of the molecule is CC(=O)N1CCN(C(=O)/C=C/c2ccc(Sc3ccc(/C=C/C(=O)N4CCN(C(C)=O)CC4)c(-c4ccccc4C(C)C)c3C(F)(F)F)c(C(F)(F)F)c2-c2ccccc2C(C)C)CC1. The van der Waals surface area contributed by atoms with Crippen molar-refractivity contribution in [1.82, 2.24) is 19.6 Å². The van der Waals surface area contributed by atoms with Gasteiger partial charge in [-0.1, -0.05) is 100 Å². The largest absolute Gasteiger partial charge is 0.418 e. The molecule has 2 aliphatic rings. The maximum atomic E-state index is 15.8. The van der Waals surface area contributed by atoms with Gasteiger partial charge in [-0.2, -0.15) is 26.3 Å². The first-order chi connectivity index (χ1) is 30.7. The topological polar surface area (TPSA) is 81.2 Å². The van der Waals surface area contributed by atoms with E-state index in [1.807, 2.05) is 27.7 Å². The van der Waals surface area contributed by atoms with Crippen LogP contribution in [0.2, 0.25) is 0 Å². The van der Waals surface area contributed by atoms with E-state index in [-0.39, 0.29) is 83.2 Å². The van der Waals surface area contributed by atoms with Crippen LogP contribution in [0.3, 0.4) is 0 Å². The summed E-state index contributed by atoms with van der Waals surface area (Å²) in [6.07, 6.45) is -5.16. The van der Waals surface area contributed by atoms with Crippen molar-refractivity contribution >= 4 is 47.5 Å². The maximum Gasteiger partial charge on any atom is 0.418 e. The zero-order valence-corrected chi connectivity index (χ0v) is 38.0. The lowest BCUT2D eigenvalue weighted by Gasteiger charge is -2.33. The van der Waals surface area contributed by atoms with Crippen LogP contribution in [0.15, 0.2) is 94.7 Å². The van der Waals surface area contributed by atoms with E-state index in [0.717, 1.165) is 12.1 Å². The predicted octanol–water partition coefficient (Wildman–Crippen LogP) is 10.9. The standard InChI is InChI=1S/C50H52F6N4O4S/c1-31(2)37-11-7-9-13-39(37)45-35(17-21-43(63)59-27-23-57(24-28-59)33(5)61)15-19-41(47(45)49(51,52)53)65-42-20-16-36(18-22-44(64)60-29-25-58(26-30-60)34(6)62)46(48(42)50(54,55)56)40-14-10-8-12-38(40)32(3)4/h7-22,31-32H,23-30H2,1-6H3/b21-17+,22-18+. The molecule has 0 aliphatic carbocycles. The third kappa shape index (κ3) is 11.2. The van der Waals surface area contributed by atoms with Gasteiger partial charge in [0.15, 0.2) is 0 Å². The second-order valence-electron chi connectivity index (χ2n) is 16.7. The molecule has 4 aromatic rings. The Labute approximate surface area is 380 Å². The third-order valence-corrected chi connectivity index (χ3v) is 12.9. The third-order valence-electron chi connectivity index (χ3n) is 11.8. The predicted molar refractivity (Wildman–Crippen MR) is 242 cm³/mol. The molecule has 0 N–H and O–H groups in total. The quantitative estimate of drug-likeness (QED) is 0.117. The minimum Gasteiger partial charge on any atom is -0.339 e. The van der Waals surface area contributed by atoms with Gasteiger partial charge in [0, 0.05) is 99.3 Å². The van der Waals surface area contributed by atoms with Gasteiger partial charge in [-0.25, -0.2) is 0 Å². The van der Waals surface area contributed by atoms with Crippen LogP contribution in [0.25, 0.3) is 34.4 Å². The van der Waals surface area contributed by atoms with Crippen molar-refractivity contribution < 1.29 is 45.5 Å². The molecule has 2 saturated heterocycles. The van der Waals surface area contributed by atoms with Gasteiger partial charge in [0.2, 0.25) is 23.6 Å². The van der Waals surface area contributed by atoms with Crippen LogP contribution < -0.4 is 0 Å². The molecular formula is C50H52F6N4O4S. The Kier molecular flexibility index (Phi) is 15.1. The zero-order chi connectivity index (χ0) is 47.4. The molecule has 0 atom stereocenters. The van der Waals surface area contributed by atoms with Crippen molar-refractivity contribution in [1.29, 1.82) is 0 Å². The number of rotatable bonds is 10. The van der Waals surface area contributed by atoms with E-state index in [0.29, 0.717) is 49.1 Å². The Morgan fingerprint density at radius 3 is 1.14 bits per heavy atom. The lowest BCUT2D eigenvalue weighted by Crippen LogP contribution is -2.49. The van der Waals surface area contributed by atoms with Crippen LogP contribution >= 0.6 is 11.8 Å². The molecule has 8 nitrogen and oxygen atoms in total. The molecule has 15 heteroatoms. The number of hydrogen-bond donors (Lipinski definition) is 0. The van der Waals surface area contributed by atoms with Crippen molar-refractivity contribution in [2.24, 2.45) is 0 Å². The molecule has 2 aliphatic heterocycles. The number of hydrogen-bond acceptors (Lipinski definition) is 5. The lowest BCUT2D eigenvalue weighted by atomic mass is 9.87. The maximum absolute atomic E-state index is 15.8. The molecule has 344 valence electrons. The minimum absolute atomic E-state index is 0.0425. The molecule has 0 bridgehead atoms. The number of amides is 4. The van der Waals surface area contributed by atoms with Gasteiger partial charge in [0.1, 0.15) is 0 Å². The summed E-state index contributed by atoms with van der Waals surface area (Å²) in [5, 5.41) is 0. The van der Waals surface area contributed by atoms with Crippen LogP contribution in [-0.4, -0.2) is 95.6 Å². The van der Waals surface area contributed by atoms with Crippen LogP contribution in [0.4, 0.5) is 26.3 Å². The van der Waals surface area contributed by atoms with Gasteiger partial charge in [-0.05, 0) is 69.5 Å². The van der Waals surface area contributed by atoms with Crippen molar-refractivity contribution in [3.8, 4) is 22.3 Å². The highest BCUT2D eigenvalue weighted by Crippen LogP contribution is 2.52. The average Bonchev–Trinajstić information content (AvgIpc) is 3.26. The van der Waals surface area contributed by atoms with Gasteiger partial charge in [-0.15, -0.1) is 0 Å². The molecule has 0 radical (unpaired) electrons. The first kappa shape index (κ1) is 48.6. The van der Waals surface area contributed by atoms with Crippen molar-refractivity contribution in [3.05, 3.63) is 118 Å². The number of nitrogens with zero attached hydrogens (tertiary/aromatic N) is 4. The van der Waals surface area contributed by atoms with Crippen molar-refractivity contribution in [3.63, 3.8) is 0 Å². The van der Waals surface area contributed by atoms with Crippen LogP contribution in [0.5, 0.6) is 0 Å². The second kappa shape index (κ2) is 20.1. The lowest BCUT2D eigenvalue weighted by molar-refractivity contribution is -0.139. The fourth-order valence-corrected chi connectivity index (χ4v) is 9.53. The Balaban J connectivity index is 1.52. The number of benzene rings is 4. The number of carbonyl (C=O) groups excluding carboxylic acids is 4. The molecule has 2 fully saturated rings. The van der Waals surface area contributed by atoms with Gasteiger partial charge < -0.3 is 19.6 Å². The second-order valence-corrected chi connectivity index (χ2v) is 17.8. The molecule has 65 heavy (non-hydrogen) atoms. The molecule has 6 rings (SSSR count). The van der Waals surface area contributed by atoms with Crippen LogP contribution in [0, 0.1) is 0 Å². The summed E-state index contributed by atoms with van der Waals surface area (Å²) in [6.45, 7) is 12.4. The average molecular weight is 919 g/mol. The van der Waals surface area contributed by atoms with E-state index in [1.54, 1.807) is 58.3 Å². The smallest absolute Gasteiger partial charge is 0.339 e. The zero-order valence-electron chi connectivity index (χ0n) is 37.1. The fraction of sp³-hybridized carbons (Fsp3) is 0.360. The molecule has 0 unspecified atom stereocenters. The number of carbonyl (C=O) groups is 4. The molecule has 0 spiro atoms. The van der Waals surface area contributed by atoms with E-state index in [2.05, 4.69) is 0 Å². The van der Waals surface area contributed by atoms with Gasteiger partial charge in [0.25, 0.3) is 0 Å². The Bertz CT molecular complexity index is 2330. The normalized spacial score (nSPS) is 15.2. The Hall–Kier alpha value is -5.83. The fourth-order valence-electron chi connectivity index (χ4n) is 8.38. The number of halogens is 6. The molecular weight excluding hydrogens is 867 g/mol. The highest BCUT2D eigenvalue weighted by atomic mass is 32.2. The summed E-state index contributed by atoms with van der Waals surface area (Å²) in [5.74, 6) is -1.68. The van der Waals surface area contributed by atoms with Crippen molar-refractivity contribution in [2.45, 2.75) is 75.5 Å². The first-order valence-electron chi connectivity index (χ1n) is 21.5. The Morgan fingerprint density at radius 2 is 0.831 bits per heavy atom. The van der Waals surface area contributed by atoms with E-state index < -0.39 is 45.1 Å². The summed E-state index contributed by atoms with van der Waals surface area (Å²) in [4.78, 5) is 55.7.